The fourth-order valence-electron chi connectivity index (χ4n) is 3.65. The van der Waals surface area contributed by atoms with Gasteiger partial charge in [0.15, 0.2) is 17.5 Å². The Labute approximate surface area is 202 Å². The predicted molar refractivity (Wildman–Crippen MR) is 120 cm³/mol. The molecule has 0 unspecified atom stereocenters. The van der Waals surface area contributed by atoms with Gasteiger partial charge in [0.05, 0.1) is 5.56 Å². The van der Waals surface area contributed by atoms with Crippen molar-refractivity contribution in [1.29, 1.82) is 0 Å². The normalized spacial score (nSPS) is 11.6. The van der Waals surface area contributed by atoms with E-state index >= 15 is 0 Å². The van der Waals surface area contributed by atoms with Crippen molar-refractivity contribution in [1.82, 2.24) is 4.98 Å². The maximum Gasteiger partial charge on any atom is 0.429 e. The third kappa shape index (κ3) is 5.19. The topological polar surface area (TPSA) is 22.1 Å². The summed E-state index contributed by atoms with van der Waals surface area (Å²) in [5, 5.41) is 0. The minimum atomic E-state index is -4.38. The van der Waals surface area contributed by atoms with Crippen LogP contribution in [0, 0.1) is 29.1 Å². The number of aryl methyl sites for hydroxylation is 1. The molecular weight excluding hydrogens is 487 g/mol. The summed E-state index contributed by atoms with van der Waals surface area (Å²) in [6.07, 6.45) is -1.09. The van der Waals surface area contributed by atoms with E-state index in [9.17, 15) is 30.7 Å². The standard InChI is InChI=1S/C27H18F7NO/c1-2-3-15-4-6-16(7-5-15)18-11-24(31)26(35-14-18)17-8-9-20(21(28)10-17)27(33,34)36-19-12-22(29)25(32)23(30)13-19/h4-14H,2-3H2,1H3. The molecule has 1 heterocycles. The van der Waals surface area contributed by atoms with E-state index in [2.05, 4.69) is 16.6 Å². The molecule has 1 aromatic heterocycles. The van der Waals surface area contributed by atoms with Crippen LogP contribution in [0.25, 0.3) is 22.4 Å². The SMILES string of the molecule is CCCc1ccc(-c2cnc(-c3ccc(C(F)(F)Oc4cc(F)c(F)c(F)c4)c(F)c3)c(F)c2)cc1. The van der Waals surface area contributed by atoms with E-state index in [-0.39, 0.29) is 23.4 Å². The molecule has 0 N–H and O–H groups in total. The Morgan fingerprint density at radius 3 is 1.92 bits per heavy atom. The molecule has 0 atom stereocenters. The van der Waals surface area contributed by atoms with Crippen LogP contribution in [-0.4, -0.2) is 4.98 Å². The Kier molecular flexibility index (Phi) is 7.01. The van der Waals surface area contributed by atoms with Crippen molar-refractivity contribution in [2.45, 2.75) is 25.9 Å². The number of ether oxygens (including phenoxy) is 1. The average molecular weight is 505 g/mol. The quantitative estimate of drug-likeness (QED) is 0.187. The summed E-state index contributed by atoms with van der Waals surface area (Å²) in [5.41, 5.74) is 0.680. The lowest BCUT2D eigenvalue weighted by molar-refractivity contribution is -0.187. The van der Waals surface area contributed by atoms with E-state index in [1.54, 1.807) is 0 Å². The molecule has 3 aromatic carbocycles. The number of rotatable bonds is 7. The number of hydrogen-bond acceptors (Lipinski definition) is 2. The van der Waals surface area contributed by atoms with Gasteiger partial charge in [0.25, 0.3) is 0 Å². The molecule has 0 spiro atoms. The van der Waals surface area contributed by atoms with Crippen LogP contribution >= 0.6 is 0 Å². The highest BCUT2D eigenvalue weighted by molar-refractivity contribution is 5.68. The molecule has 0 saturated heterocycles. The molecule has 0 fully saturated rings. The molecule has 2 nitrogen and oxygen atoms in total. The lowest BCUT2D eigenvalue weighted by atomic mass is 10.0. The fourth-order valence-corrected chi connectivity index (χ4v) is 3.65. The predicted octanol–water partition coefficient (Wildman–Crippen LogP) is 8.19. The zero-order chi connectivity index (χ0) is 26.0. The van der Waals surface area contributed by atoms with Crippen LogP contribution in [0.2, 0.25) is 0 Å². The third-order valence-corrected chi connectivity index (χ3v) is 5.43. The van der Waals surface area contributed by atoms with Crippen molar-refractivity contribution in [3.63, 3.8) is 0 Å². The zero-order valence-corrected chi connectivity index (χ0v) is 18.8. The monoisotopic (exact) mass is 505 g/mol. The van der Waals surface area contributed by atoms with Crippen LogP contribution in [-0.2, 0) is 12.5 Å². The van der Waals surface area contributed by atoms with Crippen molar-refractivity contribution < 1.29 is 35.5 Å². The van der Waals surface area contributed by atoms with Gasteiger partial charge in [-0.15, -0.1) is 0 Å². The molecule has 36 heavy (non-hydrogen) atoms. The maximum atomic E-state index is 14.8. The van der Waals surface area contributed by atoms with E-state index in [1.807, 2.05) is 24.3 Å². The van der Waals surface area contributed by atoms with Crippen molar-refractivity contribution in [2.75, 3.05) is 0 Å². The molecule has 0 aliphatic rings. The van der Waals surface area contributed by atoms with E-state index in [4.69, 9.17) is 0 Å². The van der Waals surface area contributed by atoms with Gasteiger partial charge in [-0.25, -0.2) is 22.0 Å². The first-order valence-electron chi connectivity index (χ1n) is 10.9. The first-order valence-corrected chi connectivity index (χ1v) is 10.9. The van der Waals surface area contributed by atoms with E-state index < -0.39 is 46.5 Å². The van der Waals surface area contributed by atoms with Gasteiger partial charge in [-0.3, -0.25) is 4.98 Å². The second-order valence-electron chi connectivity index (χ2n) is 8.02. The second kappa shape index (κ2) is 10.0. The Hall–Kier alpha value is -3.88. The number of aromatic nitrogens is 1. The van der Waals surface area contributed by atoms with E-state index in [0.717, 1.165) is 30.0 Å². The molecule has 186 valence electrons. The molecule has 4 aromatic rings. The van der Waals surface area contributed by atoms with E-state index in [1.165, 1.54) is 12.3 Å². The molecule has 0 radical (unpaired) electrons. The minimum Gasteiger partial charge on any atom is -0.429 e. The second-order valence-corrected chi connectivity index (χ2v) is 8.02. The largest absolute Gasteiger partial charge is 0.429 e. The van der Waals surface area contributed by atoms with Crippen molar-refractivity contribution >= 4 is 0 Å². The number of nitrogens with zero attached hydrogens (tertiary/aromatic N) is 1. The number of benzene rings is 3. The summed E-state index contributed by atoms with van der Waals surface area (Å²) in [6, 6.07) is 11.4. The van der Waals surface area contributed by atoms with Crippen LogP contribution in [0.5, 0.6) is 5.75 Å². The van der Waals surface area contributed by atoms with Gasteiger partial charge in [0.2, 0.25) is 0 Å². The van der Waals surface area contributed by atoms with Crippen LogP contribution < -0.4 is 4.74 Å². The van der Waals surface area contributed by atoms with Crippen LogP contribution in [0.3, 0.4) is 0 Å². The van der Waals surface area contributed by atoms with Gasteiger partial charge in [0.1, 0.15) is 23.1 Å². The van der Waals surface area contributed by atoms with Crippen LogP contribution in [0.1, 0.15) is 24.5 Å². The third-order valence-electron chi connectivity index (χ3n) is 5.43. The Morgan fingerprint density at radius 1 is 0.722 bits per heavy atom. The smallest absolute Gasteiger partial charge is 0.429 e. The molecular formula is C27H18F7NO. The molecule has 0 saturated carbocycles. The summed E-state index contributed by atoms with van der Waals surface area (Å²) >= 11 is 0. The summed E-state index contributed by atoms with van der Waals surface area (Å²) in [6.45, 7) is 2.06. The van der Waals surface area contributed by atoms with Crippen molar-refractivity contribution in [3.05, 3.63) is 107 Å². The minimum absolute atomic E-state index is 0.117. The highest BCUT2D eigenvalue weighted by Gasteiger charge is 2.38. The molecule has 9 heteroatoms. The summed E-state index contributed by atoms with van der Waals surface area (Å²) in [5.74, 6) is -8.69. The lowest BCUT2D eigenvalue weighted by Gasteiger charge is -2.19. The molecule has 0 bridgehead atoms. The molecule has 0 aliphatic heterocycles. The first kappa shape index (κ1) is 25.2. The summed E-state index contributed by atoms with van der Waals surface area (Å²) in [4.78, 5) is 4.03. The highest BCUT2D eigenvalue weighted by Crippen LogP contribution is 2.36. The molecule has 0 amide bonds. The highest BCUT2D eigenvalue weighted by atomic mass is 19.3. The van der Waals surface area contributed by atoms with Crippen molar-refractivity contribution in [3.8, 4) is 28.1 Å². The number of alkyl halides is 2. The van der Waals surface area contributed by atoms with Gasteiger partial charge in [-0.2, -0.15) is 8.78 Å². The van der Waals surface area contributed by atoms with Gasteiger partial charge in [-0.05, 0) is 35.7 Å². The summed E-state index contributed by atoms with van der Waals surface area (Å²) in [7, 11) is 0. The van der Waals surface area contributed by atoms with Crippen LogP contribution in [0.15, 0.2) is 66.9 Å². The van der Waals surface area contributed by atoms with Gasteiger partial charge in [-0.1, -0.05) is 43.7 Å². The zero-order valence-electron chi connectivity index (χ0n) is 18.8. The number of pyridine rings is 1. The Morgan fingerprint density at radius 2 is 1.33 bits per heavy atom. The number of halogens is 7. The Balaban J connectivity index is 1.59. The molecule has 4 rings (SSSR count). The average Bonchev–Trinajstić information content (AvgIpc) is 2.82. The Bertz CT molecular complexity index is 1380. The van der Waals surface area contributed by atoms with Gasteiger partial charge >= 0.3 is 6.11 Å². The maximum absolute atomic E-state index is 14.8. The van der Waals surface area contributed by atoms with Gasteiger partial charge in [0, 0.05) is 29.5 Å². The van der Waals surface area contributed by atoms with Gasteiger partial charge < -0.3 is 4.74 Å². The number of hydrogen-bond donors (Lipinski definition) is 0. The lowest BCUT2D eigenvalue weighted by Crippen LogP contribution is -2.23. The fraction of sp³-hybridized carbons (Fsp3) is 0.148. The van der Waals surface area contributed by atoms with Crippen LogP contribution in [0.4, 0.5) is 30.7 Å². The summed E-state index contributed by atoms with van der Waals surface area (Å²) < 4.78 is 102. The van der Waals surface area contributed by atoms with E-state index in [0.29, 0.717) is 17.7 Å². The molecule has 0 aliphatic carbocycles. The first-order chi connectivity index (χ1) is 17.1. The van der Waals surface area contributed by atoms with Crippen molar-refractivity contribution in [2.24, 2.45) is 0 Å².